The summed E-state index contributed by atoms with van der Waals surface area (Å²) in [6, 6.07) is 15.4. The number of thiazole rings is 1. The average Bonchev–Trinajstić information content (AvgIpc) is 3.47. The van der Waals surface area contributed by atoms with Gasteiger partial charge in [0.2, 0.25) is 5.91 Å². The summed E-state index contributed by atoms with van der Waals surface area (Å²) in [4.78, 5) is 19.6. The van der Waals surface area contributed by atoms with Crippen LogP contribution >= 0.6 is 11.3 Å². The molecule has 4 aromatic rings. The van der Waals surface area contributed by atoms with Crippen LogP contribution in [0.2, 0.25) is 0 Å². The van der Waals surface area contributed by atoms with Crippen molar-refractivity contribution in [2.75, 3.05) is 17.8 Å². The fraction of sp³-hybridized carbons (Fsp3) is 0.217. The molecule has 32 heavy (non-hydrogen) atoms. The van der Waals surface area contributed by atoms with Crippen LogP contribution in [-0.4, -0.2) is 32.2 Å². The molecular weight excluding hydrogens is 448 g/mol. The van der Waals surface area contributed by atoms with Gasteiger partial charge in [-0.15, -0.1) is 0 Å². The van der Waals surface area contributed by atoms with Gasteiger partial charge in [0.15, 0.2) is 15.0 Å². The number of carbonyl (C=O) groups excluding carboxylic acids is 1. The van der Waals surface area contributed by atoms with Crippen LogP contribution < -0.4 is 9.64 Å². The van der Waals surface area contributed by atoms with Gasteiger partial charge in [0.1, 0.15) is 17.0 Å². The maximum atomic E-state index is 13.2. The number of rotatable bonds is 8. The van der Waals surface area contributed by atoms with Gasteiger partial charge in [0, 0.05) is 6.42 Å². The van der Waals surface area contributed by atoms with Gasteiger partial charge in [0.05, 0.1) is 35.3 Å². The maximum Gasteiger partial charge on any atom is 0.230 e. The second kappa shape index (κ2) is 9.13. The number of carbonyl (C=O) groups is 1. The first-order valence-corrected chi connectivity index (χ1v) is 12.4. The molecule has 2 aromatic carbocycles. The summed E-state index contributed by atoms with van der Waals surface area (Å²) in [6.07, 6.45) is 1.35. The van der Waals surface area contributed by atoms with Gasteiger partial charge in [0.25, 0.3) is 0 Å². The molecule has 0 aliphatic rings. The van der Waals surface area contributed by atoms with Gasteiger partial charge in [-0.3, -0.25) is 9.69 Å². The first kappa shape index (κ1) is 22.0. The summed E-state index contributed by atoms with van der Waals surface area (Å²) in [7, 11) is -2.01. The Morgan fingerprint density at radius 3 is 2.59 bits per heavy atom. The third-order valence-corrected chi connectivity index (χ3v) is 7.97. The summed E-state index contributed by atoms with van der Waals surface area (Å²) < 4.78 is 37.1. The van der Waals surface area contributed by atoms with Crippen LogP contribution in [0.25, 0.3) is 10.2 Å². The van der Waals surface area contributed by atoms with Crippen molar-refractivity contribution in [3.8, 4) is 5.75 Å². The lowest BCUT2D eigenvalue weighted by molar-refractivity contribution is -0.118. The van der Waals surface area contributed by atoms with Crippen molar-refractivity contribution in [1.29, 1.82) is 0 Å². The molecule has 0 fully saturated rings. The molecular formula is C23H22N2O5S2. The molecule has 0 radical (unpaired) electrons. The number of sulfone groups is 1. The Labute approximate surface area is 190 Å². The number of furan rings is 1. The molecule has 0 saturated carbocycles. The van der Waals surface area contributed by atoms with E-state index < -0.39 is 9.84 Å². The Hall–Kier alpha value is -3.17. The van der Waals surface area contributed by atoms with Crippen molar-refractivity contribution in [2.24, 2.45) is 0 Å². The SMILES string of the molecule is COc1ccc(C)c2sc(N(Cc3ccco3)C(=O)CCS(=O)(=O)c3ccccc3)nc12. The standard InChI is InChI=1S/C23H22N2O5S2/c1-16-10-11-19(29-2)21-22(16)31-23(24-21)25(15-17-7-6-13-30-17)20(26)12-14-32(27,28)18-8-4-3-5-9-18/h3-11,13H,12,14-15H2,1-2H3. The Morgan fingerprint density at radius 2 is 1.91 bits per heavy atom. The summed E-state index contributed by atoms with van der Waals surface area (Å²) in [5.74, 6) is 0.548. The molecule has 4 rings (SSSR count). The van der Waals surface area contributed by atoms with Gasteiger partial charge < -0.3 is 9.15 Å². The molecule has 0 saturated heterocycles. The normalized spacial score (nSPS) is 11.6. The first-order chi connectivity index (χ1) is 15.4. The van der Waals surface area contributed by atoms with E-state index in [9.17, 15) is 13.2 Å². The third kappa shape index (κ3) is 4.53. The Kier molecular flexibility index (Phi) is 6.29. The van der Waals surface area contributed by atoms with Crippen LogP contribution in [0.4, 0.5) is 5.13 Å². The molecule has 1 amide bonds. The highest BCUT2D eigenvalue weighted by molar-refractivity contribution is 7.91. The molecule has 2 heterocycles. The van der Waals surface area contributed by atoms with Crippen LogP contribution in [0.1, 0.15) is 17.7 Å². The zero-order valence-electron chi connectivity index (χ0n) is 17.6. The predicted octanol–water partition coefficient (Wildman–Crippen LogP) is 4.60. The van der Waals surface area contributed by atoms with E-state index in [1.165, 1.54) is 34.6 Å². The lowest BCUT2D eigenvalue weighted by Crippen LogP contribution is -2.31. The largest absolute Gasteiger partial charge is 0.494 e. The number of methoxy groups -OCH3 is 1. The van der Waals surface area contributed by atoms with Gasteiger partial charge in [-0.1, -0.05) is 35.6 Å². The number of aromatic nitrogens is 1. The van der Waals surface area contributed by atoms with E-state index in [-0.39, 0.29) is 29.5 Å². The molecule has 9 heteroatoms. The quantitative estimate of drug-likeness (QED) is 0.374. The second-order valence-electron chi connectivity index (χ2n) is 7.20. The van der Waals surface area contributed by atoms with E-state index in [1.54, 1.807) is 37.4 Å². The molecule has 0 unspecified atom stereocenters. The first-order valence-electron chi connectivity index (χ1n) is 9.94. The minimum Gasteiger partial charge on any atom is -0.494 e. The average molecular weight is 471 g/mol. The van der Waals surface area contributed by atoms with Crippen molar-refractivity contribution in [2.45, 2.75) is 24.8 Å². The maximum absolute atomic E-state index is 13.2. The molecule has 0 spiro atoms. The van der Waals surface area contributed by atoms with Crippen molar-refractivity contribution >= 4 is 42.4 Å². The predicted molar refractivity (Wildman–Crippen MR) is 124 cm³/mol. The van der Waals surface area contributed by atoms with Gasteiger partial charge in [-0.2, -0.15) is 0 Å². The number of benzene rings is 2. The van der Waals surface area contributed by atoms with Crippen molar-refractivity contribution in [3.05, 3.63) is 72.2 Å². The van der Waals surface area contributed by atoms with Crippen LogP contribution in [0.3, 0.4) is 0 Å². The molecule has 0 aliphatic heterocycles. The van der Waals surface area contributed by atoms with E-state index in [4.69, 9.17) is 9.15 Å². The lowest BCUT2D eigenvalue weighted by Gasteiger charge is -2.18. The minimum absolute atomic E-state index is 0.151. The molecule has 2 aromatic heterocycles. The number of nitrogens with zero attached hydrogens (tertiary/aromatic N) is 2. The van der Waals surface area contributed by atoms with E-state index in [2.05, 4.69) is 4.98 Å². The van der Waals surface area contributed by atoms with Crippen LogP contribution in [0, 0.1) is 6.92 Å². The van der Waals surface area contributed by atoms with E-state index >= 15 is 0 Å². The number of hydrogen-bond donors (Lipinski definition) is 0. The number of amides is 1. The molecule has 0 N–H and O–H groups in total. The van der Waals surface area contributed by atoms with E-state index in [0.717, 1.165) is 10.3 Å². The van der Waals surface area contributed by atoms with Crippen molar-refractivity contribution in [3.63, 3.8) is 0 Å². The highest BCUT2D eigenvalue weighted by atomic mass is 32.2. The zero-order chi connectivity index (χ0) is 22.7. The number of ether oxygens (including phenoxy) is 1. The van der Waals surface area contributed by atoms with Gasteiger partial charge >= 0.3 is 0 Å². The van der Waals surface area contributed by atoms with Crippen LogP contribution in [0.15, 0.2) is 70.2 Å². The molecule has 166 valence electrons. The van der Waals surface area contributed by atoms with Gasteiger partial charge in [-0.25, -0.2) is 13.4 Å². The summed E-state index contributed by atoms with van der Waals surface area (Å²) in [5, 5.41) is 0.464. The summed E-state index contributed by atoms with van der Waals surface area (Å²) in [5.41, 5.74) is 1.68. The van der Waals surface area contributed by atoms with E-state index in [0.29, 0.717) is 22.2 Å². The number of aryl methyl sites for hydroxylation is 1. The smallest absolute Gasteiger partial charge is 0.230 e. The Bertz CT molecular complexity index is 1330. The van der Waals surface area contributed by atoms with Crippen LogP contribution in [-0.2, 0) is 21.2 Å². The minimum atomic E-state index is -3.58. The molecule has 0 bridgehead atoms. The molecule has 7 nitrogen and oxygen atoms in total. The number of hydrogen-bond acceptors (Lipinski definition) is 7. The van der Waals surface area contributed by atoms with E-state index in [1.807, 2.05) is 19.1 Å². The van der Waals surface area contributed by atoms with Gasteiger partial charge in [-0.05, 0) is 42.8 Å². The highest BCUT2D eigenvalue weighted by Gasteiger charge is 2.25. The molecule has 0 atom stereocenters. The second-order valence-corrected chi connectivity index (χ2v) is 10.3. The third-order valence-electron chi connectivity index (χ3n) is 5.03. The number of anilines is 1. The number of fused-ring (bicyclic) bond motifs is 1. The Balaban J connectivity index is 1.65. The topological polar surface area (TPSA) is 89.7 Å². The fourth-order valence-electron chi connectivity index (χ4n) is 3.30. The summed E-state index contributed by atoms with van der Waals surface area (Å²) in [6.45, 7) is 2.12. The lowest BCUT2D eigenvalue weighted by atomic mass is 10.2. The fourth-order valence-corrected chi connectivity index (χ4v) is 5.62. The molecule has 0 aliphatic carbocycles. The highest BCUT2D eigenvalue weighted by Crippen LogP contribution is 2.37. The zero-order valence-corrected chi connectivity index (χ0v) is 19.3. The summed E-state index contributed by atoms with van der Waals surface area (Å²) >= 11 is 1.36. The van der Waals surface area contributed by atoms with Crippen LogP contribution in [0.5, 0.6) is 5.75 Å². The Morgan fingerprint density at radius 1 is 1.12 bits per heavy atom. The van der Waals surface area contributed by atoms with Crippen molar-refractivity contribution < 1.29 is 22.4 Å². The monoisotopic (exact) mass is 470 g/mol. The van der Waals surface area contributed by atoms with Crippen molar-refractivity contribution in [1.82, 2.24) is 4.98 Å².